The highest BCUT2D eigenvalue weighted by Gasteiger charge is 2.35. The number of likely N-dealkylation sites (tertiary alicyclic amines) is 1. The van der Waals surface area contributed by atoms with Gasteiger partial charge in [-0.2, -0.15) is 0 Å². The van der Waals surface area contributed by atoms with Crippen LogP contribution in [0.4, 0.5) is 5.69 Å². The second kappa shape index (κ2) is 7.29. The summed E-state index contributed by atoms with van der Waals surface area (Å²) in [7, 11) is 0. The number of carboxylic acids is 1. The molecule has 0 radical (unpaired) electrons. The molecular weight excluding hydrogens is 330 g/mol. The second-order valence-electron chi connectivity index (χ2n) is 5.98. The molecule has 1 saturated heterocycles. The first-order chi connectivity index (χ1) is 11.7. The molecule has 2 atom stereocenters. The molecule has 0 aliphatic carbocycles. The largest absolute Gasteiger partial charge is 0.480 e. The number of hydrogen-bond acceptors (Lipinski definition) is 5. The molecule has 1 aliphatic rings. The van der Waals surface area contributed by atoms with Crippen molar-refractivity contribution in [2.45, 2.75) is 38.8 Å². The second-order valence-corrected chi connectivity index (χ2v) is 5.98. The van der Waals surface area contributed by atoms with Crippen molar-refractivity contribution in [2.24, 2.45) is 0 Å². The third-order valence-electron chi connectivity index (χ3n) is 4.19. The summed E-state index contributed by atoms with van der Waals surface area (Å²) >= 11 is 0. The number of carboxylic acid groups (broad SMARTS) is 1. The van der Waals surface area contributed by atoms with E-state index in [-0.39, 0.29) is 11.3 Å². The number of nitro benzene ring substituents is 1. The summed E-state index contributed by atoms with van der Waals surface area (Å²) in [5.41, 5.74) is 0.534. The van der Waals surface area contributed by atoms with Gasteiger partial charge in [-0.05, 0) is 38.8 Å². The highest BCUT2D eigenvalue weighted by molar-refractivity contribution is 5.98. The monoisotopic (exact) mass is 349 g/mol. The van der Waals surface area contributed by atoms with Gasteiger partial charge in [-0.1, -0.05) is 0 Å². The molecule has 9 nitrogen and oxygen atoms in total. The Hall–Kier alpha value is -2.97. The standard InChI is InChI=1S/C16H19N3O6/c1-9-8-11(5-6-12(9)19(24)25)15(21)18-7-3-4-13(18)14(20)17-10(2)16(22)23/h5-6,8,10,13H,3-4,7H2,1-2H3,(H,17,20)(H,22,23). The van der Waals surface area contributed by atoms with Crippen molar-refractivity contribution >= 4 is 23.5 Å². The van der Waals surface area contributed by atoms with Crippen molar-refractivity contribution in [3.8, 4) is 0 Å². The molecule has 1 aromatic carbocycles. The van der Waals surface area contributed by atoms with E-state index in [0.717, 1.165) is 0 Å². The molecular formula is C16H19N3O6. The van der Waals surface area contributed by atoms with Crippen LogP contribution < -0.4 is 5.32 Å². The molecule has 1 heterocycles. The summed E-state index contributed by atoms with van der Waals surface area (Å²) < 4.78 is 0. The number of carbonyl (C=O) groups excluding carboxylic acids is 2. The lowest BCUT2D eigenvalue weighted by Crippen LogP contribution is -2.50. The molecule has 0 spiro atoms. The minimum atomic E-state index is -1.16. The normalized spacial score (nSPS) is 17.8. The number of aliphatic carboxylic acids is 1. The van der Waals surface area contributed by atoms with E-state index in [1.807, 2.05) is 0 Å². The average Bonchev–Trinajstić information content (AvgIpc) is 3.03. The van der Waals surface area contributed by atoms with Crippen molar-refractivity contribution in [1.82, 2.24) is 10.2 Å². The third-order valence-corrected chi connectivity index (χ3v) is 4.19. The average molecular weight is 349 g/mol. The van der Waals surface area contributed by atoms with Gasteiger partial charge in [0.1, 0.15) is 12.1 Å². The van der Waals surface area contributed by atoms with Crippen molar-refractivity contribution in [3.63, 3.8) is 0 Å². The minimum Gasteiger partial charge on any atom is -0.480 e. The number of nitro groups is 1. The fraction of sp³-hybridized carbons (Fsp3) is 0.438. The lowest BCUT2D eigenvalue weighted by atomic mass is 10.1. The Morgan fingerprint density at radius 2 is 2.08 bits per heavy atom. The molecule has 2 rings (SSSR count). The number of nitrogens with one attached hydrogen (secondary N) is 1. The number of benzene rings is 1. The zero-order chi connectivity index (χ0) is 18.7. The maximum Gasteiger partial charge on any atom is 0.325 e. The van der Waals surface area contributed by atoms with Crippen LogP contribution in [0.15, 0.2) is 18.2 Å². The Bertz CT molecular complexity index is 733. The van der Waals surface area contributed by atoms with E-state index >= 15 is 0 Å². The SMILES string of the molecule is Cc1cc(C(=O)N2CCCC2C(=O)NC(C)C(=O)O)ccc1[N+](=O)[O-]. The summed E-state index contributed by atoms with van der Waals surface area (Å²) in [6.07, 6.45) is 1.06. The number of amides is 2. The van der Waals surface area contributed by atoms with Crippen LogP contribution in [0.2, 0.25) is 0 Å². The van der Waals surface area contributed by atoms with Crippen LogP contribution in [0.3, 0.4) is 0 Å². The zero-order valence-electron chi connectivity index (χ0n) is 13.9. The Balaban J connectivity index is 2.17. The van der Waals surface area contributed by atoms with Crippen molar-refractivity contribution in [2.75, 3.05) is 6.54 Å². The summed E-state index contributed by atoms with van der Waals surface area (Å²) in [5.74, 6) is -2.08. The van der Waals surface area contributed by atoms with Gasteiger partial charge in [0, 0.05) is 23.7 Å². The molecule has 1 aliphatic heterocycles. The topological polar surface area (TPSA) is 130 Å². The lowest BCUT2D eigenvalue weighted by molar-refractivity contribution is -0.385. The van der Waals surface area contributed by atoms with Crippen molar-refractivity contribution in [3.05, 3.63) is 39.4 Å². The summed E-state index contributed by atoms with van der Waals surface area (Å²) in [6.45, 7) is 3.26. The molecule has 0 bridgehead atoms. The van der Waals surface area contributed by atoms with E-state index in [9.17, 15) is 24.5 Å². The van der Waals surface area contributed by atoms with Crippen LogP contribution >= 0.6 is 0 Å². The molecule has 2 N–H and O–H groups in total. The van der Waals surface area contributed by atoms with E-state index in [2.05, 4.69) is 5.32 Å². The van der Waals surface area contributed by atoms with Crippen LogP contribution in [0, 0.1) is 17.0 Å². The van der Waals surface area contributed by atoms with Gasteiger partial charge < -0.3 is 15.3 Å². The Morgan fingerprint density at radius 3 is 2.64 bits per heavy atom. The number of rotatable bonds is 5. The fourth-order valence-corrected chi connectivity index (χ4v) is 2.81. The van der Waals surface area contributed by atoms with Crippen LogP contribution in [0.25, 0.3) is 0 Å². The third kappa shape index (κ3) is 3.93. The van der Waals surface area contributed by atoms with Crippen molar-refractivity contribution < 1.29 is 24.4 Å². The van der Waals surface area contributed by atoms with Gasteiger partial charge in [-0.3, -0.25) is 24.5 Å². The molecule has 9 heteroatoms. The Morgan fingerprint density at radius 1 is 1.40 bits per heavy atom. The molecule has 2 unspecified atom stereocenters. The van der Waals surface area contributed by atoms with Gasteiger partial charge in [-0.25, -0.2) is 0 Å². The molecule has 1 aromatic rings. The van der Waals surface area contributed by atoms with Gasteiger partial charge in [0.25, 0.3) is 11.6 Å². The lowest BCUT2D eigenvalue weighted by Gasteiger charge is -2.25. The Labute approximate surface area is 143 Å². The van der Waals surface area contributed by atoms with Crippen molar-refractivity contribution in [1.29, 1.82) is 0 Å². The van der Waals surface area contributed by atoms with Crippen LogP contribution in [-0.2, 0) is 9.59 Å². The summed E-state index contributed by atoms with van der Waals surface area (Å²) in [4.78, 5) is 47.5. The molecule has 134 valence electrons. The smallest absolute Gasteiger partial charge is 0.325 e. The quantitative estimate of drug-likeness (QED) is 0.605. The number of aryl methyl sites for hydroxylation is 1. The number of nitrogens with zero attached hydrogens (tertiary/aromatic N) is 2. The highest BCUT2D eigenvalue weighted by atomic mass is 16.6. The molecule has 0 saturated carbocycles. The van der Waals surface area contributed by atoms with E-state index in [0.29, 0.717) is 24.9 Å². The van der Waals surface area contributed by atoms with Crippen LogP contribution in [0.5, 0.6) is 0 Å². The van der Waals surface area contributed by atoms with Gasteiger partial charge >= 0.3 is 5.97 Å². The van der Waals surface area contributed by atoms with Gasteiger partial charge in [0.05, 0.1) is 4.92 Å². The predicted molar refractivity (Wildman–Crippen MR) is 87.1 cm³/mol. The molecule has 1 fully saturated rings. The van der Waals surface area contributed by atoms with Crippen LogP contribution in [0.1, 0.15) is 35.7 Å². The maximum atomic E-state index is 12.7. The molecule has 25 heavy (non-hydrogen) atoms. The summed E-state index contributed by atoms with van der Waals surface area (Å²) in [5, 5.41) is 22.1. The fourth-order valence-electron chi connectivity index (χ4n) is 2.81. The first kappa shape index (κ1) is 18.4. The van der Waals surface area contributed by atoms with Gasteiger partial charge in [-0.15, -0.1) is 0 Å². The van der Waals surface area contributed by atoms with Gasteiger partial charge in [0.2, 0.25) is 5.91 Å². The van der Waals surface area contributed by atoms with E-state index < -0.39 is 34.8 Å². The molecule has 2 amide bonds. The van der Waals surface area contributed by atoms with E-state index in [4.69, 9.17) is 5.11 Å². The number of hydrogen-bond donors (Lipinski definition) is 2. The maximum absolute atomic E-state index is 12.7. The summed E-state index contributed by atoms with van der Waals surface area (Å²) in [6, 6.07) is 2.26. The Kier molecular flexibility index (Phi) is 5.35. The first-order valence-electron chi connectivity index (χ1n) is 7.81. The molecule has 0 aromatic heterocycles. The predicted octanol–water partition coefficient (Wildman–Crippen LogP) is 1.10. The highest BCUT2D eigenvalue weighted by Crippen LogP contribution is 2.24. The van der Waals surface area contributed by atoms with Crippen LogP contribution in [-0.4, -0.2) is 51.3 Å². The van der Waals surface area contributed by atoms with Gasteiger partial charge in [0.15, 0.2) is 0 Å². The first-order valence-corrected chi connectivity index (χ1v) is 7.81. The zero-order valence-corrected chi connectivity index (χ0v) is 13.9. The van der Waals surface area contributed by atoms with E-state index in [1.165, 1.54) is 36.9 Å². The number of carbonyl (C=O) groups is 3. The minimum absolute atomic E-state index is 0.0810. The van der Waals surface area contributed by atoms with E-state index in [1.54, 1.807) is 0 Å².